The van der Waals surface area contributed by atoms with Crippen LogP contribution in [0.3, 0.4) is 0 Å². The van der Waals surface area contributed by atoms with Crippen molar-refractivity contribution >= 4 is 56.9 Å². The topological polar surface area (TPSA) is 125 Å². The molecular formula is C42H45BrClN3O7. The predicted octanol–water partition coefficient (Wildman–Crippen LogP) is 5.97. The number of carbonyl (C=O) groups excluding carboxylic acids is 4. The number of nitrogens with zero attached hydrogens (tertiary/aromatic N) is 2. The van der Waals surface area contributed by atoms with E-state index in [1.54, 1.807) is 43.3 Å². The van der Waals surface area contributed by atoms with Crippen molar-refractivity contribution in [2.75, 3.05) is 18.1 Å². The van der Waals surface area contributed by atoms with E-state index in [2.05, 4.69) is 34.4 Å². The predicted molar refractivity (Wildman–Crippen MR) is 210 cm³/mol. The molecular weight excluding hydrogens is 774 g/mol. The number of ether oxygens (including phenoxy) is 2. The van der Waals surface area contributed by atoms with Crippen LogP contribution < -0.4 is 10.2 Å². The van der Waals surface area contributed by atoms with Crippen LogP contribution in [0.1, 0.15) is 43.4 Å². The van der Waals surface area contributed by atoms with Gasteiger partial charge in [0.25, 0.3) is 5.91 Å². The summed E-state index contributed by atoms with van der Waals surface area (Å²) in [6.07, 6.45) is 2.75. The molecule has 0 aromatic heterocycles. The first-order valence-electron chi connectivity index (χ1n) is 18.2. The Morgan fingerprint density at radius 3 is 2.39 bits per heavy atom. The molecule has 10 nitrogen and oxygen atoms in total. The Balaban J connectivity index is 1.40. The fourth-order valence-corrected chi connectivity index (χ4v) is 9.52. The number of aliphatic hydroxyl groups is 1. The summed E-state index contributed by atoms with van der Waals surface area (Å²) >= 11 is 10.4. The number of halogens is 2. The maximum atomic E-state index is 15.1. The van der Waals surface area contributed by atoms with Crippen molar-refractivity contribution in [2.45, 2.75) is 73.4 Å². The van der Waals surface area contributed by atoms with E-state index in [1.807, 2.05) is 60.7 Å². The van der Waals surface area contributed by atoms with Crippen LogP contribution in [0, 0.1) is 11.8 Å². The lowest BCUT2D eigenvalue weighted by atomic mass is 9.70. The van der Waals surface area contributed by atoms with E-state index >= 15 is 9.59 Å². The van der Waals surface area contributed by atoms with Gasteiger partial charge < -0.3 is 29.7 Å². The van der Waals surface area contributed by atoms with Gasteiger partial charge in [-0.1, -0.05) is 112 Å². The average Bonchev–Trinajstić information content (AvgIpc) is 3.78. The smallest absolute Gasteiger partial charge is 0.313 e. The SMILES string of the molecule is C=CCCC(=O)N[C@@H](C)[C@H](OC(=O)[C@@H]1[C@H]2O[C@@]3(CC2Br)[C@H](C(=O)N(CC=C)c2ccccc2Cl)N([C@@H](CO)Cc2ccccc2)C(=O)[C@@H]13)c1ccccc1. The van der Waals surface area contributed by atoms with Crippen molar-refractivity contribution in [1.82, 2.24) is 10.2 Å². The highest BCUT2D eigenvalue weighted by Crippen LogP contribution is 2.61. The van der Waals surface area contributed by atoms with E-state index in [4.69, 9.17) is 21.1 Å². The second-order valence-electron chi connectivity index (χ2n) is 14.1. The zero-order valence-electron chi connectivity index (χ0n) is 30.1. The fourth-order valence-electron chi connectivity index (χ4n) is 8.34. The summed E-state index contributed by atoms with van der Waals surface area (Å²) in [6.45, 7) is 8.95. The van der Waals surface area contributed by atoms with E-state index in [9.17, 15) is 14.7 Å². The number of allylic oxidation sites excluding steroid dienone is 1. The molecule has 6 rings (SSSR count). The zero-order chi connectivity index (χ0) is 38.6. The second kappa shape index (κ2) is 17.0. The number of fused-ring (bicyclic) bond motifs is 1. The van der Waals surface area contributed by atoms with E-state index in [-0.39, 0.29) is 31.7 Å². The van der Waals surface area contributed by atoms with Gasteiger partial charge in [0, 0.05) is 17.8 Å². The zero-order valence-corrected chi connectivity index (χ0v) is 32.4. The first-order valence-corrected chi connectivity index (χ1v) is 19.5. The summed E-state index contributed by atoms with van der Waals surface area (Å²) in [5.74, 6) is -4.06. The fraction of sp³-hybridized carbons (Fsp3) is 0.381. The number of hydrogen-bond acceptors (Lipinski definition) is 7. The van der Waals surface area contributed by atoms with Gasteiger partial charge in [-0.15, -0.1) is 13.2 Å². The summed E-state index contributed by atoms with van der Waals surface area (Å²) in [5, 5.41) is 14.2. The van der Waals surface area contributed by atoms with Crippen LogP contribution >= 0.6 is 27.5 Å². The van der Waals surface area contributed by atoms with Crippen LogP contribution in [0.25, 0.3) is 0 Å². The Morgan fingerprint density at radius 2 is 1.74 bits per heavy atom. The molecule has 1 unspecified atom stereocenters. The van der Waals surface area contributed by atoms with E-state index in [0.717, 1.165) is 5.56 Å². The molecule has 3 fully saturated rings. The number of amides is 3. The molecule has 0 aliphatic carbocycles. The molecule has 0 saturated carbocycles. The van der Waals surface area contributed by atoms with E-state index in [1.165, 1.54) is 9.80 Å². The molecule has 3 aromatic carbocycles. The van der Waals surface area contributed by atoms with Gasteiger partial charge in [-0.25, -0.2) is 0 Å². The van der Waals surface area contributed by atoms with Crippen molar-refractivity contribution in [1.29, 1.82) is 0 Å². The molecule has 2 N–H and O–H groups in total. The number of benzene rings is 3. The van der Waals surface area contributed by atoms with Crippen LogP contribution in [0.15, 0.2) is 110 Å². The third-order valence-corrected chi connectivity index (χ3v) is 11.8. The summed E-state index contributed by atoms with van der Waals surface area (Å²) in [5.41, 5.74) is 0.489. The van der Waals surface area contributed by atoms with Gasteiger partial charge in [0.15, 0.2) is 0 Å². The van der Waals surface area contributed by atoms with Gasteiger partial charge >= 0.3 is 5.97 Å². The van der Waals surface area contributed by atoms with E-state index in [0.29, 0.717) is 22.7 Å². The highest BCUT2D eigenvalue weighted by Gasteiger charge is 2.77. The van der Waals surface area contributed by atoms with Crippen LogP contribution in [-0.2, 0) is 35.1 Å². The number of alkyl halides is 1. The number of rotatable bonds is 16. The summed E-state index contributed by atoms with van der Waals surface area (Å²) < 4.78 is 13.1. The number of hydrogen-bond donors (Lipinski definition) is 2. The lowest BCUT2D eigenvalue weighted by Crippen LogP contribution is -2.59. The monoisotopic (exact) mass is 817 g/mol. The number of likely N-dealkylation sites (tertiary alicyclic amines) is 1. The number of carbonyl (C=O) groups is 4. The van der Waals surface area contributed by atoms with Gasteiger partial charge in [0.05, 0.1) is 47.3 Å². The Bertz CT molecular complexity index is 1860. The van der Waals surface area contributed by atoms with Gasteiger partial charge in [-0.3, -0.25) is 19.2 Å². The van der Waals surface area contributed by atoms with E-state index < -0.39 is 77.0 Å². The molecule has 3 aromatic rings. The first kappa shape index (κ1) is 39.4. The van der Waals surface area contributed by atoms with Crippen LogP contribution in [0.2, 0.25) is 5.02 Å². The van der Waals surface area contributed by atoms with Crippen LogP contribution in [0.5, 0.6) is 0 Å². The molecule has 1 spiro atoms. The number of nitrogens with one attached hydrogen (secondary N) is 1. The Labute approximate surface area is 329 Å². The lowest BCUT2D eigenvalue weighted by molar-refractivity contribution is -0.162. The molecule has 3 aliphatic rings. The lowest BCUT2D eigenvalue weighted by Gasteiger charge is -2.39. The third-order valence-electron chi connectivity index (χ3n) is 10.7. The maximum Gasteiger partial charge on any atom is 0.313 e. The Morgan fingerprint density at radius 1 is 1.07 bits per heavy atom. The van der Waals surface area contributed by atoms with Crippen molar-refractivity contribution < 1.29 is 33.8 Å². The summed E-state index contributed by atoms with van der Waals surface area (Å²) in [6, 6.07) is 22.7. The summed E-state index contributed by atoms with van der Waals surface area (Å²) in [7, 11) is 0. The van der Waals surface area contributed by atoms with Crippen molar-refractivity contribution in [3.05, 3.63) is 126 Å². The number of para-hydroxylation sites is 1. The van der Waals surface area contributed by atoms with Crippen LogP contribution in [-0.4, -0.2) is 81.5 Å². The Hall–Kier alpha value is -4.29. The minimum atomic E-state index is -1.45. The molecule has 2 bridgehead atoms. The number of anilines is 1. The molecule has 3 amide bonds. The van der Waals surface area contributed by atoms with Gasteiger partial charge in [0.1, 0.15) is 17.7 Å². The van der Waals surface area contributed by atoms with Crippen molar-refractivity contribution in [2.24, 2.45) is 11.8 Å². The van der Waals surface area contributed by atoms with Gasteiger partial charge in [-0.2, -0.15) is 0 Å². The largest absolute Gasteiger partial charge is 0.455 e. The first-order chi connectivity index (χ1) is 26.1. The minimum absolute atomic E-state index is 0.0755. The highest BCUT2D eigenvalue weighted by atomic mass is 79.9. The third kappa shape index (κ3) is 7.51. The molecule has 0 radical (unpaired) electrons. The molecule has 3 aliphatic heterocycles. The van der Waals surface area contributed by atoms with Crippen molar-refractivity contribution in [3.63, 3.8) is 0 Å². The molecule has 9 atom stereocenters. The minimum Gasteiger partial charge on any atom is -0.455 e. The van der Waals surface area contributed by atoms with Crippen molar-refractivity contribution in [3.8, 4) is 0 Å². The standard InChI is InChI=1S/C42H45BrClN3O7/c1-4-6-21-33(49)45-26(3)36(28-17-11-8-12-18-28)53-41(52)34-35-39(50)47(29(25-48)23-27-15-9-7-10-16-27)38(42(35)24-30(43)37(34)54-42)40(51)46(22-5-2)32-20-14-13-19-31(32)44/h4-5,7-20,26,29-30,34-38,48H,1-2,6,21-25H2,3H3,(H,45,49)/t26-,29+,30?,34-,35+,36-,37-,38-,42+/m0/s1. The van der Waals surface area contributed by atoms with Crippen LogP contribution in [0.4, 0.5) is 5.69 Å². The normalized spacial score (nSPS) is 25.7. The molecule has 3 saturated heterocycles. The summed E-state index contributed by atoms with van der Waals surface area (Å²) in [4.78, 5) is 60.1. The number of aliphatic hydroxyl groups excluding tert-OH is 1. The molecule has 284 valence electrons. The highest BCUT2D eigenvalue weighted by molar-refractivity contribution is 9.09. The molecule has 12 heteroatoms. The number of esters is 1. The molecule has 3 heterocycles. The average molecular weight is 819 g/mol. The van der Waals surface area contributed by atoms with Gasteiger partial charge in [0.2, 0.25) is 11.8 Å². The van der Waals surface area contributed by atoms with Gasteiger partial charge in [-0.05, 0) is 49.4 Å². The Kier molecular flexibility index (Phi) is 12.4. The second-order valence-corrected chi connectivity index (χ2v) is 15.7. The maximum absolute atomic E-state index is 15.1. The quantitative estimate of drug-likeness (QED) is 0.104. The molecule has 54 heavy (non-hydrogen) atoms.